The van der Waals surface area contributed by atoms with Gasteiger partial charge >= 0.3 is 18.0 Å². The molecule has 0 fully saturated rings. The van der Waals surface area contributed by atoms with Crippen molar-refractivity contribution in [3.63, 3.8) is 0 Å². The second-order valence-corrected chi connectivity index (χ2v) is 8.44. The molecular formula is C26H30N2O7. The lowest BCUT2D eigenvalue weighted by molar-refractivity contribution is -0.149. The number of carbonyl (C=O) groups is 4. The number of fused-ring (bicyclic) bond motifs is 1. The van der Waals surface area contributed by atoms with Crippen LogP contribution in [-0.2, 0) is 43.4 Å². The minimum Gasteiger partial charge on any atom is -0.480 e. The van der Waals surface area contributed by atoms with Crippen molar-refractivity contribution in [2.24, 2.45) is 5.92 Å². The Bertz CT molecular complexity index is 1060. The summed E-state index contributed by atoms with van der Waals surface area (Å²) in [4.78, 5) is 51.4. The molecule has 2 aromatic carbocycles. The van der Waals surface area contributed by atoms with Crippen LogP contribution in [0.3, 0.4) is 0 Å². The summed E-state index contributed by atoms with van der Waals surface area (Å²) in [5.74, 6) is -3.16. The molecule has 3 atom stereocenters. The largest absolute Gasteiger partial charge is 0.480 e. The Balaban J connectivity index is 1.75. The lowest BCUT2D eigenvalue weighted by Crippen LogP contribution is -2.55. The van der Waals surface area contributed by atoms with Crippen LogP contribution in [0.25, 0.3) is 0 Å². The van der Waals surface area contributed by atoms with Crippen LogP contribution >= 0.6 is 0 Å². The molecule has 35 heavy (non-hydrogen) atoms. The second-order valence-electron chi connectivity index (χ2n) is 8.44. The third-order valence-corrected chi connectivity index (χ3v) is 5.88. The summed E-state index contributed by atoms with van der Waals surface area (Å²) < 4.78 is 10.4. The minimum absolute atomic E-state index is 0.0426. The maximum Gasteiger partial charge on any atom is 0.411 e. The Hall–Kier alpha value is -3.88. The van der Waals surface area contributed by atoms with E-state index < -0.39 is 41.9 Å². The van der Waals surface area contributed by atoms with Gasteiger partial charge in [0.25, 0.3) is 0 Å². The minimum atomic E-state index is -1.32. The summed E-state index contributed by atoms with van der Waals surface area (Å²) in [6.07, 6.45) is -0.598. The fourth-order valence-corrected chi connectivity index (χ4v) is 3.98. The van der Waals surface area contributed by atoms with E-state index in [1.54, 1.807) is 13.8 Å². The average molecular weight is 483 g/mol. The molecule has 9 nitrogen and oxygen atoms in total. The SMILES string of the molecule is CCOC(=O)[C@H](C)C[C@H](NC(=O)[C@@H]1Cc2ccccc2CN1C(=O)OCc1ccccc1)C(=O)O. The first kappa shape index (κ1) is 25.7. The number of hydrogen-bond acceptors (Lipinski definition) is 6. The number of amides is 2. The molecular weight excluding hydrogens is 452 g/mol. The summed E-state index contributed by atoms with van der Waals surface area (Å²) in [5, 5.41) is 12.2. The first-order valence-electron chi connectivity index (χ1n) is 11.5. The highest BCUT2D eigenvalue weighted by Gasteiger charge is 2.37. The van der Waals surface area contributed by atoms with Gasteiger partial charge in [0.2, 0.25) is 5.91 Å². The van der Waals surface area contributed by atoms with Crippen LogP contribution in [-0.4, -0.2) is 52.6 Å². The Morgan fingerprint density at radius 3 is 2.34 bits per heavy atom. The summed E-state index contributed by atoms with van der Waals surface area (Å²) >= 11 is 0. The molecule has 0 bridgehead atoms. The van der Waals surface area contributed by atoms with Gasteiger partial charge in [-0.15, -0.1) is 0 Å². The first-order valence-corrected chi connectivity index (χ1v) is 11.5. The van der Waals surface area contributed by atoms with E-state index in [2.05, 4.69) is 5.32 Å². The van der Waals surface area contributed by atoms with E-state index in [0.717, 1.165) is 16.7 Å². The van der Waals surface area contributed by atoms with Crippen LogP contribution in [0.15, 0.2) is 54.6 Å². The molecule has 1 heterocycles. The lowest BCUT2D eigenvalue weighted by Gasteiger charge is -2.35. The monoisotopic (exact) mass is 482 g/mol. The van der Waals surface area contributed by atoms with Crippen molar-refractivity contribution < 1.29 is 33.8 Å². The maximum absolute atomic E-state index is 13.2. The fraction of sp³-hybridized carbons (Fsp3) is 0.385. The van der Waals surface area contributed by atoms with E-state index in [0.29, 0.717) is 0 Å². The number of carboxylic acid groups (broad SMARTS) is 1. The Kier molecular flexibility index (Phi) is 8.83. The molecule has 3 rings (SSSR count). The van der Waals surface area contributed by atoms with E-state index in [9.17, 15) is 24.3 Å². The van der Waals surface area contributed by atoms with Crippen LogP contribution < -0.4 is 5.32 Å². The number of carboxylic acids is 1. The Morgan fingerprint density at radius 2 is 1.69 bits per heavy atom. The molecule has 0 aliphatic carbocycles. The third kappa shape index (κ3) is 6.81. The highest BCUT2D eigenvalue weighted by Crippen LogP contribution is 2.25. The highest BCUT2D eigenvalue weighted by atomic mass is 16.6. The predicted molar refractivity (Wildman–Crippen MR) is 126 cm³/mol. The zero-order valence-electron chi connectivity index (χ0n) is 19.8. The van der Waals surface area contributed by atoms with Crippen LogP contribution in [0.4, 0.5) is 4.79 Å². The molecule has 0 saturated carbocycles. The molecule has 0 radical (unpaired) electrons. The van der Waals surface area contributed by atoms with Gasteiger partial charge in [-0.2, -0.15) is 0 Å². The smallest absolute Gasteiger partial charge is 0.411 e. The predicted octanol–water partition coefficient (Wildman–Crippen LogP) is 2.91. The van der Waals surface area contributed by atoms with E-state index in [1.807, 2.05) is 54.6 Å². The van der Waals surface area contributed by atoms with Crippen LogP contribution in [0.2, 0.25) is 0 Å². The van der Waals surface area contributed by atoms with E-state index >= 15 is 0 Å². The third-order valence-electron chi connectivity index (χ3n) is 5.88. The number of nitrogens with zero attached hydrogens (tertiary/aromatic N) is 1. The number of benzene rings is 2. The van der Waals surface area contributed by atoms with E-state index in [-0.39, 0.29) is 32.6 Å². The van der Waals surface area contributed by atoms with Gasteiger partial charge in [-0.3, -0.25) is 14.5 Å². The summed E-state index contributed by atoms with van der Waals surface area (Å²) in [6.45, 7) is 3.58. The Morgan fingerprint density at radius 1 is 1.03 bits per heavy atom. The standard InChI is InChI=1S/C26H30N2O7/c1-3-34-25(32)17(2)13-21(24(30)31)27-23(29)22-14-19-11-7-8-12-20(19)15-28(22)26(33)35-16-18-9-5-4-6-10-18/h4-12,17,21-22H,3,13-16H2,1-2H3,(H,27,29)(H,30,31)/t17-,21+,22+/m1/s1. The number of carbonyl (C=O) groups excluding carboxylic acids is 3. The van der Waals surface area contributed by atoms with Gasteiger partial charge in [0.1, 0.15) is 18.7 Å². The molecule has 2 amide bonds. The Labute approximate surface area is 204 Å². The molecule has 0 saturated heterocycles. The molecule has 0 unspecified atom stereocenters. The fourth-order valence-electron chi connectivity index (χ4n) is 3.98. The first-order chi connectivity index (χ1) is 16.8. The van der Waals surface area contributed by atoms with Gasteiger partial charge in [-0.1, -0.05) is 61.5 Å². The summed E-state index contributed by atoms with van der Waals surface area (Å²) in [6, 6.07) is 14.3. The molecule has 0 aromatic heterocycles. The van der Waals surface area contributed by atoms with Crippen molar-refractivity contribution in [2.75, 3.05) is 6.61 Å². The van der Waals surface area contributed by atoms with Crippen LogP contribution in [0.1, 0.15) is 37.0 Å². The summed E-state index contributed by atoms with van der Waals surface area (Å²) in [7, 11) is 0. The van der Waals surface area contributed by atoms with Crippen molar-refractivity contribution in [1.82, 2.24) is 10.2 Å². The molecule has 0 spiro atoms. The van der Waals surface area contributed by atoms with Crippen LogP contribution in [0, 0.1) is 5.92 Å². The zero-order chi connectivity index (χ0) is 25.4. The number of nitrogens with one attached hydrogen (secondary N) is 1. The molecule has 9 heteroatoms. The number of rotatable bonds is 9. The highest BCUT2D eigenvalue weighted by molar-refractivity contribution is 5.90. The van der Waals surface area contributed by atoms with E-state index in [4.69, 9.17) is 9.47 Å². The molecule has 186 valence electrons. The van der Waals surface area contributed by atoms with Gasteiger partial charge in [0, 0.05) is 6.42 Å². The van der Waals surface area contributed by atoms with E-state index in [1.165, 1.54) is 4.90 Å². The molecule has 1 aliphatic heterocycles. The normalized spacial score (nSPS) is 16.4. The zero-order valence-corrected chi connectivity index (χ0v) is 19.8. The van der Waals surface area contributed by atoms with Crippen LogP contribution in [0.5, 0.6) is 0 Å². The van der Waals surface area contributed by atoms with Crippen molar-refractivity contribution >= 4 is 23.9 Å². The second kappa shape index (κ2) is 12.0. The topological polar surface area (TPSA) is 122 Å². The van der Waals surface area contributed by atoms with Gasteiger partial charge < -0.3 is 19.9 Å². The number of aliphatic carboxylic acids is 1. The van der Waals surface area contributed by atoms with Gasteiger partial charge in [0.05, 0.1) is 19.1 Å². The van der Waals surface area contributed by atoms with Crippen molar-refractivity contribution in [3.8, 4) is 0 Å². The number of hydrogen-bond donors (Lipinski definition) is 2. The van der Waals surface area contributed by atoms with Crippen molar-refractivity contribution in [1.29, 1.82) is 0 Å². The average Bonchev–Trinajstić information content (AvgIpc) is 2.86. The quantitative estimate of drug-likeness (QED) is 0.527. The van der Waals surface area contributed by atoms with Crippen molar-refractivity contribution in [3.05, 3.63) is 71.3 Å². The van der Waals surface area contributed by atoms with Gasteiger partial charge in [0.15, 0.2) is 0 Å². The number of ether oxygens (including phenoxy) is 2. The lowest BCUT2D eigenvalue weighted by atomic mass is 9.93. The molecule has 2 aromatic rings. The molecule has 2 N–H and O–H groups in total. The molecule has 1 aliphatic rings. The summed E-state index contributed by atoms with van der Waals surface area (Å²) in [5.41, 5.74) is 2.59. The van der Waals surface area contributed by atoms with Crippen molar-refractivity contribution in [2.45, 2.75) is 51.9 Å². The maximum atomic E-state index is 13.2. The van der Waals surface area contributed by atoms with Gasteiger partial charge in [-0.25, -0.2) is 9.59 Å². The van der Waals surface area contributed by atoms with Gasteiger partial charge in [-0.05, 0) is 30.0 Å². The number of esters is 1.